The Hall–Kier alpha value is -1.73. The highest BCUT2D eigenvalue weighted by Gasteiger charge is 2.30. The highest BCUT2D eigenvalue weighted by molar-refractivity contribution is 6.33. The van der Waals surface area contributed by atoms with E-state index >= 15 is 0 Å². The van der Waals surface area contributed by atoms with E-state index in [1.54, 1.807) is 0 Å². The van der Waals surface area contributed by atoms with Crippen molar-refractivity contribution in [2.75, 3.05) is 26.2 Å². The summed E-state index contributed by atoms with van der Waals surface area (Å²) in [5, 5.41) is 10.9. The lowest BCUT2D eigenvalue weighted by molar-refractivity contribution is -0.384. The molecule has 1 aliphatic heterocycles. The maximum absolute atomic E-state index is 13.6. The molecule has 2 fully saturated rings. The highest BCUT2D eigenvalue weighted by Crippen LogP contribution is 2.31. The average molecular weight is 370 g/mol. The van der Waals surface area contributed by atoms with Gasteiger partial charge < -0.3 is 4.90 Å². The molecule has 25 heavy (non-hydrogen) atoms. The molecule has 1 saturated carbocycles. The Balaban J connectivity index is 1.61. The predicted molar refractivity (Wildman–Crippen MR) is 91.9 cm³/mol. The van der Waals surface area contributed by atoms with Crippen molar-refractivity contribution in [2.45, 2.75) is 32.2 Å². The van der Waals surface area contributed by atoms with Gasteiger partial charge in [-0.15, -0.1) is 0 Å². The lowest BCUT2D eigenvalue weighted by atomic mass is 10.1. The number of halogens is 2. The molecular weight excluding hydrogens is 349 g/mol. The van der Waals surface area contributed by atoms with Crippen LogP contribution < -0.4 is 0 Å². The monoisotopic (exact) mass is 369 g/mol. The normalized spacial score (nSPS) is 19.4. The van der Waals surface area contributed by atoms with E-state index in [4.69, 9.17) is 11.6 Å². The smallest absolute Gasteiger partial charge is 0.291 e. The van der Waals surface area contributed by atoms with Crippen LogP contribution in [-0.4, -0.2) is 46.8 Å². The number of piperazine rings is 1. The van der Waals surface area contributed by atoms with Gasteiger partial charge in [0, 0.05) is 38.6 Å². The highest BCUT2D eigenvalue weighted by atomic mass is 35.5. The third kappa shape index (κ3) is 4.10. The van der Waals surface area contributed by atoms with Gasteiger partial charge in [-0.2, -0.15) is 0 Å². The molecule has 8 heteroatoms. The molecule has 1 aliphatic carbocycles. The van der Waals surface area contributed by atoms with Gasteiger partial charge >= 0.3 is 0 Å². The van der Waals surface area contributed by atoms with Crippen molar-refractivity contribution in [3.63, 3.8) is 0 Å². The Labute approximate surface area is 150 Å². The summed E-state index contributed by atoms with van der Waals surface area (Å²) in [7, 11) is 0. The van der Waals surface area contributed by atoms with Crippen molar-refractivity contribution in [3.8, 4) is 0 Å². The molecule has 0 N–H and O–H groups in total. The number of rotatable bonds is 4. The zero-order valence-corrected chi connectivity index (χ0v) is 14.7. The summed E-state index contributed by atoms with van der Waals surface area (Å²) in [5.74, 6) is -0.246. The van der Waals surface area contributed by atoms with E-state index in [2.05, 4.69) is 0 Å². The van der Waals surface area contributed by atoms with Gasteiger partial charge in [0.25, 0.3) is 5.69 Å². The molecule has 1 amide bonds. The minimum Gasteiger partial charge on any atom is -0.340 e. The fourth-order valence-corrected chi connectivity index (χ4v) is 3.91. The maximum atomic E-state index is 13.6. The van der Waals surface area contributed by atoms with Crippen molar-refractivity contribution < 1.29 is 14.1 Å². The summed E-state index contributed by atoms with van der Waals surface area (Å²) in [6, 6.07) is 2.08. The summed E-state index contributed by atoms with van der Waals surface area (Å²) in [6.07, 6.45) is 4.24. The van der Waals surface area contributed by atoms with Crippen molar-refractivity contribution >= 4 is 23.2 Å². The number of nitro groups is 1. The van der Waals surface area contributed by atoms with Crippen molar-refractivity contribution in [2.24, 2.45) is 5.92 Å². The van der Waals surface area contributed by atoms with Gasteiger partial charge in [-0.25, -0.2) is 4.39 Å². The van der Waals surface area contributed by atoms with Crippen LogP contribution in [0.4, 0.5) is 10.1 Å². The van der Waals surface area contributed by atoms with E-state index in [-0.39, 0.29) is 16.8 Å². The van der Waals surface area contributed by atoms with Crippen LogP contribution in [0.1, 0.15) is 31.2 Å². The molecule has 0 atom stereocenters. The number of carbonyl (C=O) groups is 1. The molecule has 1 aromatic carbocycles. The van der Waals surface area contributed by atoms with E-state index in [0.29, 0.717) is 38.3 Å². The van der Waals surface area contributed by atoms with E-state index in [9.17, 15) is 19.3 Å². The van der Waals surface area contributed by atoms with Gasteiger partial charge in [0.15, 0.2) is 0 Å². The number of amides is 1. The molecule has 0 aromatic heterocycles. The molecule has 0 bridgehead atoms. The van der Waals surface area contributed by atoms with Crippen LogP contribution in [0.25, 0.3) is 0 Å². The Morgan fingerprint density at radius 1 is 1.24 bits per heavy atom. The minimum absolute atomic E-state index is 0.0177. The van der Waals surface area contributed by atoms with Gasteiger partial charge in [-0.3, -0.25) is 19.8 Å². The zero-order chi connectivity index (χ0) is 18.0. The summed E-state index contributed by atoms with van der Waals surface area (Å²) in [6.45, 7) is 2.90. The van der Waals surface area contributed by atoms with E-state index in [0.717, 1.165) is 31.7 Å². The van der Waals surface area contributed by atoms with Gasteiger partial charge in [-0.1, -0.05) is 24.4 Å². The molecule has 6 nitrogen and oxygen atoms in total. The van der Waals surface area contributed by atoms with Crippen LogP contribution in [0.2, 0.25) is 5.02 Å². The minimum atomic E-state index is -0.673. The number of hydrogen-bond acceptors (Lipinski definition) is 4. The van der Waals surface area contributed by atoms with E-state index in [1.165, 1.54) is 6.07 Å². The second kappa shape index (κ2) is 7.66. The van der Waals surface area contributed by atoms with Crippen LogP contribution in [-0.2, 0) is 11.3 Å². The first-order chi connectivity index (χ1) is 12.0. The lowest BCUT2D eigenvalue weighted by Gasteiger charge is -2.36. The van der Waals surface area contributed by atoms with Crippen LogP contribution >= 0.6 is 11.6 Å². The zero-order valence-electron chi connectivity index (χ0n) is 13.9. The quantitative estimate of drug-likeness (QED) is 0.603. The van der Waals surface area contributed by atoms with Crippen LogP contribution in [0.5, 0.6) is 0 Å². The van der Waals surface area contributed by atoms with Gasteiger partial charge in [0.2, 0.25) is 5.91 Å². The van der Waals surface area contributed by atoms with Gasteiger partial charge in [0.05, 0.1) is 11.0 Å². The largest absolute Gasteiger partial charge is 0.340 e. The summed E-state index contributed by atoms with van der Waals surface area (Å²) in [4.78, 5) is 26.7. The first-order valence-electron chi connectivity index (χ1n) is 8.59. The van der Waals surface area contributed by atoms with Crippen LogP contribution in [0.3, 0.4) is 0 Å². The standard InChI is InChI=1S/C17H21ClFN3O3/c18-16-13(9-14(19)10-15(16)22(24)25)11-20-5-7-21(8-6-20)17(23)12-3-1-2-4-12/h9-10,12H,1-8,11H2. The number of nitrogens with zero attached hydrogens (tertiary/aromatic N) is 3. The second-order valence-corrected chi connectivity index (χ2v) is 7.12. The molecule has 0 unspecified atom stereocenters. The third-order valence-electron chi connectivity index (χ3n) is 5.07. The molecule has 0 radical (unpaired) electrons. The number of benzene rings is 1. The SMILES string of the molecule is O=C(C1CCCC1)N1CCN(Cc2cc(F)cc([N+](=O)[O-])c2Cl)CC1. The van der Waals surface area contributed by atoms with Crippen molar-refractivity contribution in [1.82, 2.24) is 9.80 Å². The molecule has 1 saturated heterocycles. The average Bonchev–Trinajstić information content (AvgIpc) is 3.12. The van der Waals surface area contributed by atoms with E-state index < -0.39 is 16.4 Å². The molecule has 2 aliphatic rings. The predicted octanol–water partition coefficient (Wildman–Crippen LogP) is 3.22. The molecule has 136 valence electrons. The van der Waals surface area contributed by atoms with Gasteiger partial charge in [0.1, 0.15) is 10.8 Å². The van der Waals surface area contributed by atoms with Crippen LogP contribution in [0, 0.1) is 21.8 Å². The first-order valence-corrected chi connectivity index (χ1v) is 8.97. The Kier molecular flexibility index (Phi) is 5.54. The van der Waals surface area contributed by atoms with Gasteiger partial charge in [-0.05, 0) is 24.5 Å². The fraction of sp³-hybridized carbons (Fsp3) is 0.588. The molecule has 3 rings (SSSR count). The second-order valence-electron chi connectivity index (χ2n) is 6.74. The molecule has 0 spiro atoms. The summed E-state index contributed by atoms with van der Waals surface area (Å²) >= 11 is 6.06. The summed E-state index contributed by atoms with van der Waals surface area (Å²) in [5.41, 5.74) is -0.00403. The van der Waals surface area contributed by atoms with Crippen molar-refractivity contribution in [1.29, 1.82) is 0 Å². The Morgan fingerprint density at radius 2 is 1.88 bits per heavy atom. The van der Waals surface area contributed by atoms with E-state index in [1.807, 2.05) is 9.80 Å². The van der Waals surface area contributed by atoms with Crippen LogP contribution in [0.15, 0.2) is 12.1 Å². The number of nitro benzene ring substituents is 1. The fourth-order valence-electron chi connectivity index (χ4n) is 3.68. The molecule has 1 aromatic rings. The first kappa shape index (κ1) is 18.1. The topological polar surface area (TPSA) is 66.7 Å². The Bertz CT molecular complexity index is 671. The number of hydrogen-bond donors (Lipinski definition) is 0. The molecule has 1 heterocycles. The lowest BCUT2D eigenvalue weighted by Crippen LogP contribution is -2.49. The molecular formula is C17H21ClFN3O3. The Morgan fingerprint density at radius 3 is 2.48 bits per heavy atom. The third-order valence-corrected chi connectivity index (χ3v) is 5.51. The number of carbonyl (C=O) groups excluding carboxylic acids is 1. The summed E-state index contributed by atoms with van der Waals surface area (Å²) < 4.78 is 13.6. The maximum Gasteiger partial charge on any atom is 0.291 e. The van der Waals surface area contributed by atoms with Crippen molar-refractivity contribution in [3.05, 3.63) is 38.7 Å².